The summed E-state index contributed by atoms with van der Waals surface area (Å²) >= 11 is 0. The molecule has 0 aromatic heterocycles. The zero-order valence-corrected chi connectivity index (χ0v) is 10.5. The van der Waals surface area contributed by atoms with Crippen LogP contribution in [0.25, 0.3) is 0 Å². The van der Waals surface area contributed by atoms with Crippen LogP contribution < -0.4 is 5.32 Å². The van der Waals surface area contributed by atoms with Gasteiger partial charge >= 0.3 is 5.97 Å². The number of nitrogens with one attached hydrogen (secondary N) is 1. The third kappa shape index (κ3) is 7.23. The van der Waals surface area contributed by atoms with Gasteiger partial charge in [-0.15, -0.1) is 0 Å². The van der Waals surface area contributed by atoms with Gasteiger partial charge in [-0.1, -0.05) is 0 Å². The lowest BCUT2D eigenvalue weighted by atomic mass is 10.1. The Morgan fingerprint density at radius 3 is 2.31 bits per heavy atom. The van der Waals surface area contributed by atoms with Gasteiger partial charge in [0.2, 0.25) is 5.91 Å². The molecule has 0 aromatic rings. The molecule has 94 valence electrons. The highest BCUT2D eigenvalue weighted by atomic mass is 16.4. The topological polar surface area (TPSA) is 69.6 Å². The Morgan fingerprint density at radius 2 is 1.88 bits per heavy atom. The van der Waals surface area contributed by atoms with Gasteiger partial charge in [0.25, 0.3) is 0 Å². The zero-order chi connectivity index (χ0) is 12.7. The molecule has 0 spiro atoms. The average Bonchev–Trinajstić information content (AvgIpc) is 2.12. The Hall–Kier alpha value is -1.10. The SMILES string of the molecule is CC(C)NC(=O)CN(C)C(C)CCC(=O)O. The molecule has 0 fully saturated rings. The van der Waals surface area contributed by atoms with Gasteiger partial charge in [-0.05, 0) is 34.2 Å². The molecule has 1 atom stereocenters. The molecule has 0 aliphatic heterocycles. The number of amides is 1. The van der Waals surface area contributed by atoms with Gasteiger partial charge in [-0.3, -0.25) is 14.5 Å². The second kappa shape index (κ2) is 7.22. The van der Waals surface area contributed by atoms with E-state index in [4.69, 9.17) is 5.11 Å². The van der Waals surface area contributed by atoms with E-state index < -0.39 is 5.97 Å². The molecule has 0 saturated carbocycles. The summed E-state index contributed by atoms with van der Waals surface area (Å²) in [5.41, 5.74) is 0. The van der Waals surface area contributed by atoms with E-state index >= 15 is 0 Å². The van der Waals surface area contributed by atoms with Crippen LogP contribution in [0.3, 0.4) is 0 Å². The minimum absolute atomic E-state index is 0.0281. The molecule has 0 saturated heterocycles. The first-order valence-corrected chi connectivity index (χ1v) is 5.54. The number of rotatable bonds is 7. The molecule has 1 amide bonds. The zero-order valence-electron chi connectivity index (χ0n) is 10.5. The van der Waals surface area contributed by atoms with Gasteiger partial charge in [0, 0.05) is 18.5 Å². The van der Waals surface area contributed by atoms with Crippen LogP contribution in [-0.2, 0) is 9.59 Å². The van der Waals surface area contributed by atoms with Crippen LogP contribution in [0.5, 0.6) is 0 Å². The van der Waals surface area contributed by atoms with Gasteiger partial charge in [0.05, 0.1) is 6.54 Å². The molecule has 16 heavy (non-hydrogen) atoms. The summed E-state index contributed by atoms with van der Waals surface area (Å²) in [5.74, 6) is -0.827. The highest BCUT2D eigenvalue weighted by Crippen LogP contribution is 2.03. The largest absolute Gasteiger partial charge is 0.481 e. The smallest absolute Gasteiger partial charge is 0.303 e. The molecular formula is C11H22N2O3. The summed E-state index contributed by atoms with van der Waals surface area (Å²) in [4.78, 5) is 23.7. The fourth-order valence-electron chi connectivity index (χ4n) is 1.30. The van der Waals surface area contributed by atoms with Gasteiger partial charge in [-0.2, -0.15) is 0 Å². The van der Waals surface area contributed by atoms with Crippen molar-refractivity contribution in [1.82, 2.24) is 10.2 Å². The van der Waals surface area contributed by atoms with E-state index in [2.05, 4.69) is 5.32 Å². The first-order valence-electron chi connectivity index (χ1n) is 5.54. The Bertz CT molecular complexity index is 241. The molecule has 5 nitrogen and oxygen atoms in total. The predicted molar refractivity (Wildman–Crippen MR) is 62.2 cm³/mol. The molecule has 2 N–H and O–H groups in total. The molecule has 0 aliphatic carbocycles. The lowest BCUT2D eigenvalue weighted by molar-refractivity contribution is -0.137. The molecule has 1 unspecified atom stereocenters. The lowest BCUT2D eigenvalue weighted by Crippen LogP contribution is -2.41. The molecule has 0 aliphatic rings. The summed E-state index contributed by atoms with van der Waals surface area (Å²) in [7, 11) is 1.83. The monoisotopic (exact) mass is 230 g/mol. The number of carbonyl (C=O) groups excluding carboxylic acids is 1. The summed E-state index contributed by atoms with van der Waals surface area (Å²) in [6, 6.07) is 0.226. The maximum Gasteiger partial charge on any atom is 0.303 e. The normalized spacial score (nSPS) is 12.9. The van der Waals surface area contributed by atoms with Crippen molar-refractivity contribution in [1.29, 1.82) is 0 Å². The fraction of sp³-hybridized carbons (Fsp3) is 0.818. The first kappa shape index (κ1) is 14.9. The number of likely N-dealkylation sites (N-methyl/N-ethyl adjacent to an activating group) is 1. The molecule has 0 bridgehead atoms. The van der Waals surface area contributed by atoms with Crippen molar-refractivity contribution in [3.05, 3.63) is 0 Å². The molecule has 5 heteroatoms. The Labute approximate surface area is 96.8 Å². The summed E-state index contributed by atoms with van der Waals surface area (Å²) in [6.07, 6.45) is 0.693. The third-order valence-corrected chi connectivity index (χ3v) is 2.37. The number of hydrogen-bond acceptors (Lipinski definition) is 3. The van der Waals surface area contributed by atoms with E-state index in [0.717, 1.165) is 0 Å². The number of carbonyl (C=O) groups is 2. The fourth-order valence-corrected chi connectivity index (χ4v) is 1.30. The molecule has 0 radical (unpaired) electrons. The van der Waals surface area contributed by atoms with Crippen molar-refractivity contribution in [3.8, 4) is 0 Å². The quantitative estimate of drug-likeness (QED) is 0.675. The number of carboxylic acid groups (broad SMARTS) is 1. The second-order valence-corrected chi connectivity index (χ2v) is 4.42. The van der Waals surface area contributed by atoms with Crippen molar-refractivity contribution in [2.45, 2.75) is 45.7 Å². The Morgan fingerprint density at radius 1 is 1.31 bits per heavy atom. The van der Waals surface area contributed by atoms with Crippen molar-refractivity contribution in [3.63, 3.8) is 0 Å². The van der Waals surface area contributed by atoms with Crippen molar-refractivity contribution in [2.75, 3.05) is 13.6 Å². The number of nitrogens with zero attached hydrogens (tertiary/aromatic N) is 1. The summed E-state index contributed by atoms with van der Waals surface area (Å²) in [5, 5.41) is 11.3. The number of hydrogen-bond donors (Lipinski definition) is 2. The summed E-state index contributed by atoms with van der Waals surface area (Å²) < 4.78 is 0. The van der Waals surface area contributed by atoms with E-state index in [-0.39, 0.29) is 24.4 Å². The van der Waals surface area contributed by atoms with E-state index in [1.807, 2.05) is 32.7 Å². The molecule has 0 rings (SSSR count). The van der Waals surface area contributed by atoms with Crippen LogP contribution in [0, 0.1) is 0 Å². The number of carboxylic acids is 1. The van der Waals surface area contributed by atoms with E-state index in [1.165, 1.54) is 0 Å². The van der Waals surface area contributed by atoms with Crippen LogP contribution in [0.15, 0.2) is 0 Å². The predicted octanol–water partition coefficient (Wildman–Crippen LogP) is 0.696. The molecular weight excluding hydrogens is 208 g/mol. The van der Waals surface area contributed by atoms with Crippen LogP contribution in [0.1, 0.15) is 33.6 Å². The number of aliphatic carboxylic acids is 1. The summed E-state index contributed by atoms with van der Waals surface area (Å²) in [6.45, 7) is 6.04. The first-order chi connectivity index (χ1) is 7.32. The van der Waals surface area contributed by atoms with Crippen molar-refractivity contribution >= 4 is 11.9 Å². The van der Waals surface area contributed by atoms with Crippen LogP contribution in [0.2, 0.25) is 0 Å². The molecule has 0 aromatic carbocycles. The van der Waals surface area contributed by atoms with Crippen LogP contribution in [0.4, 0.5) is 0 Å². The second-order valence-electron chi connectivity index (χ2n) is 4.42. The minimum Gasteiger partial charge on any atom is -0.481 e. The highest BCUT2D eigenvalue weighted by Gasteiger charge is 2.14. The average molecular weight is 230 g/mol. The highest BCUT2D eigenvalue weighted by molar-refractivity contribution is 5.78. The van der Waals surface area contributed by atoms with Crippen molar-refractivity contribution < 1.29 is 14.7 Å². The lowest BCUT2D eigenvalue weighted by Gasteiger charge is -2.24. The van der Waals surface area contributed by atoms with E-state index in [1.54, 1.807) is 0 Å². The van der Waals surface area contributed by atoms with E-state index in [0.29, 0.717) is 13.0 Å². The minimum atomic E-state index is -0.799. The van der Waals surface area contributed by atoms with Gasteiger partial charge in [0.1, 0.15) is 0 Å². The Balaban J connectivity index is 3.90. The van der Waals surface area contributed by atoms with Crippen LogP contribution in [-0.4, -0.2) is 47.6 Å². The van der Waals surface area contributed by atoms with E-state index in [9.17, 15) is 9.59 Å². The van der Waals surface area contributed by atoms with Gasteiger partial charge in [-0.25, -0.2) is 0 Å². The standard InChI is InChI=1S/C11H22N2O3/c1-8(2)12-10(14)7-13(4)9(3)5-6-11(15)16/h8-9H,5-7H2,1-4H3,(H,12,14)(H,15,16). The van der Waals surface area contributed by atoms with Crippen LogP contribution >= 0.6 is 0 Å². The Kier molecular flexibility index (Phi) is 6.72. The van der Waals surface area contributed by atoms with Crippen molar-refractivity contribution in [2.24, 2.45) is 0 Å². The van der Waals surface area contributed by atoms with Gasteiger partial charge < -0.3 is 10.4 Å². The van der Waals surface area contributed by atoms with Gasteiger partial charge in [0.15, 0.2) is 0 Å². The third-order valence-electron chi connectivity index (χ3n) is 2.37. The maximum atomic E-state index is 11.4. The maximum absolute atomic E-state index is 11.4. The molecule has 0 heterocycles.